The first-order chi connectivity index (χ1) is 8.29. The molecule has 5 heteroatoms. The SMILES string of the molecule is O=Cc1c(-c2cccs2)nc2ccc(Br)cn12. The second-order valence-corrected chi connectivity index (χ2v) is 5.38. The smallest absolute Gasteiger partial charge is 0.169 e. The Morgan fingerprint density at radius 2 is 2.24 bits per heavy atom. The van der Waals surface area contributed by atoms with Crippen molar-refractivity contribution in [1.29, 1.82) is 0 Å². The Kier molecular flexibility index (Phi) is 2.57. The van der Waals surface area contributed by atoms with Gasteiger partial charge in [0.05, 0.1) is 4.88 Å². The molecule has 0 aliphatic rings. The molecule has 0 fully saturated rings. The van der Waals surface area contributed by atoms with E-state index in [1.165, 1.54) is 0 Å². The molecule has 0 amide bonds. The number of hydrogen-bond donors (Lipinski definition) is 0. The quantitative estimate of drug-likeness (QED) is 0.677. The Balaban J connectivity index is 2.36. The van der Waals surface area contributed by atoms with Crippen molar-refractivity contribution < 1.29 is 4.79 Å². The summed E-state index contributed by atoms with van der Waals surface area (Å²) in [4.78, 5) is 16.7. The number of hydrogen-bond acceptors (Lipinski definition) is 3. The van der Waals surface area contributed by atoms with E-state index in [9.17, 15) is 4.79 Å². The molecule has 0 bridgehead atoms. The summed E-state index contributed by atoms with van der Waals surface area (Å²) in [5.41, 5.74) is 2.11. The van der Waals surface area contributed by atoms with E-state index in [0.29, 0.717) is 5.69 Å². The molecule has 0 unspecified atom stereocenters. The summed E-state index contributed by atoms with van der Waals surface area (Å²) in [6, 6.07) is 7.71. The first-order valence-electron chi connectivity index (χ1n) is 4.96. The number of nitrogens with zero attached hydrogens (tertiary/aromatic N) is 2. The van der Waals surface area contributed by atoms with Gasteiger partial charge >= 0.3 is 0 Å². The minimum atomic E-state index is 0.587. The van der Waals surface area contributed by atoms with Crippen molar-refractivity contribution in [2.75, 3.05) is 0 Å². The first-order valence-corrected chi connectivity index (χ1v) is 6.63. The molecule has 0 radical (unpaired) electrons. The Morgan fingerprint density at radius 3 is 2.94 bits per heavy atom. The van der Waals surface area contributed by atoms with Crippen LogP contribution in [0.2, 0.25) is 0 Å². The lowest BCUT2D eigenvalue weighted by molar-refractivity contribution is 0.111. The molecule has 0 aromatic carbocycles. The van der Waals surface area contributed by atoms with Crippen molar-refractivity contribution in [1.82, 2.24) is 9.38 Å². The molecule has 0 aliphatic carbocycles. The van der Waals surface area contributed by atoms with Gasteiger partial charge < -0.3 is 0 Å². The van der Waals surface area contributed by atoms with E-state index in [4.69, 9.17) is 0 Å². The van der Waals surface area contributed by atoms with Crippen LogP contribution in [0.1, 0.15) is 10.5 Å². The van der Waals surface area contributed by atoms with Gasteiger partial charge in [0.2, 0.25) is 0 Å². The third kappa shape index (κ3) is 1.71. The van der Waals surface area contributed by atoms with E-state index in [-0.39, 0.29) is 0 Å². The van der Waals surface area contributed by atoms with Crippen LogP contribution in [-0.2, 0) is 0 Å². The van der Waals surface area contributed by atoms with Crippen molar-refractivity contribution >= 4 is 39.2 Å². The third-order valence-corrected chi connectivity index (χ3v) is 3.83. The van der Waals surface area contributed by atoms with Crippen molar-refractivity contribution in [3.8, 4) is 10.6 Å². The molecule has 3 nitrogen and oxygen atoms in total. The van der Waals surface area contributed by atoms with Gasteiger partial charge in [-0.3, -0.25) is 9.20 Å². The summed E-state index contributed by atoms with van der Waals surface area (Å²) in [7, 11) is 0. The molecule has 0 atom stereocenters. The van der Waals surface area contributed by atoms with Gasteiger partial charge in [-0.05, 0) is 39.5 Å². The van der Waals surface area contributed by atoms with E-state index in [1.807, 2.05) is 35.8 Å². The largest absolute Gasteiger partial charge is 0.296 e. The number of thiophene rings is 1. The van der Waals surface area contributed by atoms with Crippen LogP contribution in [0.4, 0.5) is 0 Å². The summed E-state index contributed by atoms with van der Waals surface area (Å²) < 4.78 is 2.72. The van der Waals surface area contributed by atoms with Crippen LogP contribution in [0.5, 0.6) is 0 Å². The van der Waals surface area contributed by atoms with Crippen molar-refractivity contribution in [2.24, 2.45) is 0 Å². The molecule has 0 N–H and O–H groups in total. The van der Waals surface area contributed by atoms with Crippen molar-refractivity contribution in [3.05, 3.63) is 46.0 Å². The number of halogens is 1. The normalized spacial score (nSPS) is 10.9. The Bertz CT molecular complexity index is 688. The fraction of sp³-hybridized carbons (Fsp3) is 0. The molecule has 84 valence electrons. The topological polar surface area (TPSA) is 34.4 Å². The number of imidazole rings is 1. The molecule has 17 heavy (non-hydrogen) atoms. The zero-order valence-electron chi connectivity index (χ0n) is 8.63. The van der Waals surface area contributed by atoms with Crippen LogP contribution in [0, 0.1) is 0 Å². The van der Waals surface area contributed by atoms with E-state index < -0.39 is 0 Å². The maximum atomic E-state index is 11.2. The van der Waals surface area contributed by atoms with Crippen LogP contribution < -0.4 is 0 Å². The van der Waals surface area contributed by atoms with Crippen molar-refractivity contribution in [3.63, 3.8) is 0 Å². The minimum Gasteiger partial charge on any atom is -0.296 e. The third-order valence-electron chi connectivity index (χ3n) is 2.49. The second kappa shape index (κ2) is 4.09. The van der Waals surface area contributed by atoms with Crippen LogP contribution in [0.3, 0.4) is 0 Å². The Labute approximate surface area is 110 Å². The Hall–Kier alpha value is -1.46. The van der Waals surface area contributed by atoms with Crippen LogP contribution in [0.15, 0.2) is 40.3 Å². The predicted octanol–water partition coefficient (Wildman–Crippen LogP) is 3.64. The fourth-order valence-electron chi connectivity index (χ4n) is 1.74. The van der Waals surface area contributed by atoms with Gasteiger partial charge in [0, 0.05) is 10.7 Å². The van der Waals surface area contributed by atoms with Gasteiger partial charge in [0.25, 0.3) is 0 Å². The predicted molar refractivity (Wildman–Crippen MR) is 71.6 cm³/mol. The summed E-state index contributed by atoms with van der Waals surface area (Å²) in [5.74, 6) is 0. The second-order valence-electron chi connectivity index (χ2n) is 3.52. The molecule has 3 heterocycles. The van der Waals surface area contributed by atoms with Gasteiger partial charge in [-0.1, -0.05) is 6.07 Å². The Morgan fingerprint density at radius 1 is 1.35 bits per heavy atom. The molecule has 0 saturated heterocycles. The van der Waals surface area contributed by atoms with Gasteiger partial charge in [-0.15, -0.1) is 11.3 Å². The van der Waals surface area contributed by atoms with Crippen LogP contribution >= 0.6 is 27.3 Å². The average molecular weight is 307 g/mol. The zero-order chi connectivity index (χ0) is 11.8. The highest BCUT2D eigenvalue weighted by Crippen LogP contribution is 2.28. The highest BCUT2D eigenvalue weighted by atomic mass is 79.9. The highest BCUT2D eigenvalue weighted by Gasteiger charge is 2.13. The average Bonchev–Trinajstić information content (AvgIpc) is 2.94. The molecular weight excluding hydrogens is 300 g/mol. The van der Waals surface area contributed by atoms with E-state index in [2.05, 4.69) is 20.9 Å². The highest BCUT2D eigenvalue weighted by molar-refractivity contribution is 9.10. The maximum Gasteiger partial charge on any atom is 0.169 e. The van der Waals surface area contributed by atoms with Gasteiger partial charge in [-0.25, -0.2) is 4.98 Å². The number of carbonyl (C=O) groups is 1. The molecule has 3 aromatic rings. The number of aldehydes is 1. The summed E-state index contributed by atoms with van der Waals surface area (Å²) in [6.07, 6.45) is 2.70. The molecule has 0 saturated carbocycles. The van der Waals surface area contributed by atoms with Gasteiger partial charge in [0.15, 0.2) is 6.29 Å². The number of fused-ring (bicyclic) bond motifs is 1. The molecular formula is C12H7BrN2OS. The number of pyridine rings is 1. The summed E-state index contributed by atoms with van der Waals surface area (Å²) >= 11 is 4.97. The molecule has 3 aromatic heterocycles. The van der Waals surface area contributed by atoms with Gasteiger partial charge in [0.1, 0.15) is 17.0 Å². The van der Waals surface area contributed by atoms with Crippen molar-refractivity contribution in [2.45, 2.75) is 0 Å². The zero-order valence-corrected chi connectivity index (χ0v) is 11.0. The van der Waals surface area contributed by atoms with E-state index >= 15 is 0 Å². The molecule has 3 rings (SSSR count). The van der Waals surface area contributed by atoms with Crippen LogP contribution in [-0.4, -0.2) is 15.7 Å². The van der Waals surface area contributed by atoms with E-state index in [0.717, 1.165) is 27.0 Å². The monoisotopic (exact) mass is 306 g/mol. The van der Waals surface area contributed by atoms with E-state index in [1.54, 1.807) is 15.7 Å². The summed E-state index contributed by atoms with van der Waals surface area (Å²) in [5, 5.41) is 1.98. The minimum absolute atomic E-state index is 0.587. The van der Waals surface area contributed by atoms with Crippen LogP contribution in [0.25, 0.3) is 16.2 Å². The number of carbonyl (C=O) groups excluding carboxylic acids is 1. The lowest BCUT2D eigenvalue weighted by atomic mass is 10.3. The number of rotatable bonds is 2. The maximum absolute atomic E-state index is 11.2. The standard InChI is InChI=1S/C12H7BrN2OS/c13-8-3-4-11-14-12(10-2-1-5-17-10)9(7-16)15(11)6-8/h1-7H. The lowest BCUT2D eigenvalue weighted by Gasteiger charge is -1.96. The first kappa shape index (κ1) is 10.7. The summed E-state index contributed by atoms with van der Waals surface area (Å²) in [6.45, 7) is 0. The van der Waals surface area contributed by atoms with Gasteiger partial charge in [-0.2, -0.15) is 0 Å². The fourth-order valence-corrected chi connectivity index (χ4v) is 2.80. The number of aromatic nitrogens is 2. The molecule has 0 spiro atoms. The lowest BCUT2D eigenvalue weighted by Crippen LogP contribution is -1.91. The molecule has 0 aliphatic heterocycles.